The van der Waals surface area contributed by atoms with Crippen LogP contribution in [0.15, 0.2) is 36.4 Å². The van der Waals surface area contributed by atoms with Crippen molar-refractivity contribution in [2.45, 2.75) is 12.5 Å². The van der Waals surface area contributed by atoms with E-state index in [2.05, 4.69) is 5.43 Å². The van der Waals surface area contributed by atoms with Gasteiger partial charge < -0.3 is 4.74 Å². The van der Waals surface area contributed by atoms with Crippen molar-refractivity contribution in [2.75, 3.05) is 7.11 Å². The van der Waals surface area contributed by atoms with E-state index in [-0.39, 0.29) is 17.2 Å². The highest BCUT2D eigenvalue weighted by Crippen LogP contribution is 2.27. The zero-order valence-corrected chi connectivity index (χ0v) is 12.1. The second kappa shape index (κ2) is 6.85. The molecule has 21 heavy (non-hydrogen) atoms. The molecule has 0 radical (unpaired) electrons. The predicted molar refractivity (Wildman–Crippen MR) is 78.1 cm³/mol. The molecule has 0 saturated heterocycles. The molecule has 1 unspecified atom stereocenters. The first-order valence-corrected chi connectivity index (χ1v) is 6.67. The number of ether oxygens (including phenoxy) is 1. The van der Waals surface area contributed by atoms with Crippen LogP contribution in [-0.4, -0.2) is 7.11 Å². The molecule has 0 aliphatic rings. The number of hydrogen-bond acceptors (Lipinski definition) is 3. The van der Waals surface area contributed by atoms with Gasteiger partial charge in [-0.15, -0.1) is 0 Å². The number of nitrogens with one attached hydrogen (secondary N) is 1. The van der Waals surface area contributed by atoms with Crippen LogP contribution < -0.4 is 16.0 Å². The van der Waals surface area contributed by atoms with Gasteiger partial charge in [0.2, 0.25) is 0 Å². The lowest BCUT2D eigenvalue weighted by atomic mass is 9.98. The van der Waals surface area contributed by atoms with Crippen molar-refractivity contribution < 1.29 is 13.5 Å². The molecular weight excluding hydrogens is 298 g/mol. The van der Waals surface area contributed by atoms with Gasteiger partial charge in [0.05, 0.1) is 18.2 Å². The molecule has 2 rings (SSSR count). The summed E-state index contributed by atoms with van der Waals surface area (Å²) in [5.41, 5.74) is 3.71. The number of hydrogen-bond donors (Lipinski definition) is 2. The summed E-state index contributed by atoms with van der Waals surface area (Å²) in [5, 5.41) is 0.0555. The molecule has 0 aliphatic heterocycles. The first-order valence-electron chi connectivity index (χ1n) is 6.29. The van der Waals surface area contributed by atoms with Gasteiger partial charge in [-0.1, -0.05) is 29.8 Å². The highest BCUT2D eigenvalue weighted by molar-refractivity contribution is 6.30. The average molecular weight is 313 g/mol. The van der Waals surface area contributed by atoms with E-state index < -0.39 is 17.7 Å². The SMILES string of the molecule is COc1cc(C(Cc2cccc(Cl)c2F)NN)ccc1F. The number of hydrazine groups is 1. The van der Waals surface area contributed by atoms with Crippen LogP contribution in [0.25, 0.3) is 0 Å². The summed E-state index contributed by atoms with van der Waals surface area (Å²) in [7, 11) is 1.38. The fourth-order valence-corrected chi connectivity index (χ4v) is 2.29. The van der Waals surface area contributed by atoms with Crippen molar-refractivity contribution in [3.8, 4) is 5.75 Å². The van der Waals surface area contributed by atoms with E-state index in [1.165, 1.54) is 25.3 Å². The smallest absolute Gasteiger partial charge is 0.165 e. The van der Waals surface area contributed by atoms with E-state index in [4.69, 9.17) is 22.2 Å². The highest BCUT2D eigenvalue weighted by atomic mass is 35.5. The van der Waals surface area contributed by atoms with Crippen molar-refractivity contribution in [2.24, 2.45) is 5.84 Å². The van der Waals surface area contributed by atoms with Gasteiger partial charge in [0.15, 0.2) is 11.6 Å². The molecule has 0 saturated carbocycles. The molecule has 112 valence electrons. The summed E-state index contributed by atoms with van der Waals surface area (Å²) >= 11 is 5.76. The zero-order chi connectivity index (χ0) is 15.4. The monoisotopic (exact) mass is 312 g/mol. The van der Waals surface area contributed by atoms with Crippen LogP contribution in [0.2, 0.25) is 5.02 Å². The molecule has 0 aliphatic carbocycles. The lowest BCUT2D eigenvalue weighted by molar-refractivity contribution is 0.384. The van der Waals surface area contributed by atoms with Gasteiger partial charge in [-0.25, -0.2) is 8.78 Å². The van der Waals surface area contributed by atoms with Gasteiger partial charge in [0.25, 0.3) is 0 Å². The van der Waals surface area contributed by atoms with E-state index in [1.54, 1.807) is 18.2 Å². The fourth-order valence-electron chi connectivity index (χ4n) is 2.09. The minimum atomic E-state index is -0.478. The van der Waals surface area contributed by atoms with Crippen LogP contribution >= 0.6 is 11.6 Å². The number of rotatable bonds is 5. The Morgan fingerprint density at radius 3 is 2.71 bits per heavy atom. The molecule has 0 spiro atoms. The molecule has 0 fully saturated rings. The van der Waals surface area contributed by atoms with Crippen molar-refractivity contribution in [1.82, 2.24) is 5.43 Å². The van der Waals surface area contributed by atoms with E-state index in [1.807, 2.05) is 0 Å². The number of methoxy groups -OCH3 is 1. The Labute approximate surface area is 126 Å². The van der Waals surface area contributed by atoms with Gasteiger partial charge in [0, 0.05) is 0 Å². The molecular formula is C15H15ClF2N2O. The molecule has 2 aromatic rings. The maximum Gasteiger partial charge on any atom is 0.165 e. The van der Waals surface area contributed by atoms with Crippen LogP contribution in [0.5, 0.6) is 5.75 Å². The van der Waals surface area contributed by atoms with Crippen LogP contribution in [0.1, 0.15) is 17.2 Å². The van der Waals surface area contributed by atoms with Crippen molar-refractivity contribution in [1.29, 1.82) is 0 Å². The third-order valence-corrected chi connectivity index (χ3v) is 3.53. The van der Waals surface area contributed by atoms with Crippen LogP contribution in [0, 0.1) is 11.6 Å². The second-order valence-electron chi connectivity index (χ2n) is 4.53. The minimum absolute atomic E-state index is 0.0555. The van der Waals surface area contributed by atoms with Crippen molar-refractivity contribution >= 4 is 11.6 Å². The molecule has 0 bridgehead atoms. The topological polar surface area (TPSA) is 47.3 Å². The number of halogens is 3. The number of nitrogens with two attached hydrogens (primary N) is 1. The molecule has 0 heterocycles. The van der Waals surface area contributed by atoms with Gasteiger partial charge in [0.1, 0.15) is 5.82 Å². The maximum absolute atomic E-state index is 13.9. The molecule has 1 atom stereocenters. The van der Waals surface area contributed by atoms with E-state index in [9.17, 15) is 8.78 Å². The Morgan fingerprint density at radius 2 is 2.05 bits per heavy atom. The van der Waals surface area contributed by atoms with Crippen LogP contribution in [-0.2, 0) is 6.42 Å². The standard InChI is InChI=1S/C15H15ClF2N2O/c1-21-14-8-9(5-6-12(14)17)13(20-19)7-10-3-2-4-11(16)15(10)18/h2-6,8,13,20H,7,19H2,1H3. The predicted octanol–water partition coefficient (Wildman–Crippen LogP) is 3.37. The summed E-state index contributed by atoms with van der Waals surface area (Å²) < 4.78 is 32.3. The molecule has 3 N–H and O–H groups in total. The Morgan fingerprint density at radius 1 is 1.29 bits per heavy atom. The molecule has 0 amide bonds. The molecule has 6 heteroatoms. The van der Waals surface area contributed by atoms with E-state index in [0.717, 1.165) is 0 Å². The summed E-state index contributed by atoms with van der Waals surface area (Å²) in [6.45, 7) is 0. The summed E-state index contributed by atoms with van der Waals surface area (Å²) in [6, 6.07) is 8.77. The van der Waals surface area contributed by atoms with Crippen LogP contribution in [0.3, 0.4) is 0 Å². The summed E-state index contributed by atoms with van der Waals surface area (Å²) in [5.74, 6) is 4.70. The van der Waals surface area contributed by atoms with E-state index in [0.29, 0.717) is 11.1 Å². The van der Waals surface area contributed by atoms with Gasteiger partial charge in [-0.05, 0) is 35.7 Å². The van der Waals surface area contributed by atoms with Gasteiger partial charge in [-0.2, -0.15) is 0 Å². The van der Waals surface area contributed by atoms with E-state index >= 15 is 0 Å². The zero-order valence-electron chi connectivity index (χ0n) is 11.4. The second-order valence-corrected chi connectivity index (χ2v) is 4.94. The minimum Gasteiger partial charge on any atom is -0.494 e. The Bertz CT molecular complexity index is 637. The van der Waals surface area contributed by atoms with Gasteiger partial charge in [-0.3, -0.25) is 11.3 Å². The lowest BCUT2D eigenvalue weighted by Crippen LogP contribution is -2.29. The first kappa shape index (κ1) is 15.7. The summed E-state index contributed by atoms with van der Waals surface area (Å²) in [4.78, 5) is 0. The highest BCUT2D eigenvalue weighted by Gasteiger charge is 2.16. The van der Waals surface area contributed by atoms with Gasteiger partial charge >= 0.3 is 0 Å². The molecule has 0 aromatic heterocycles. The van der Waals surface area contributed by atoms with Crippen LogP contribution in [0.4, 0.5) is 8.78 Å². The largest absolute Gasteiger partial charge is 0.494 e. The fraction of sp³-hybridized carbons (Fsp3) is 0.200. The summed E-state index contributed by atoms with van der Waals surface area (Å²) in [6.07, 6.45) is 0.275. The third kappa shape index (κ3) is 3.50. The normalized spacial score (nSPS) is 12.2. The number of benzene rings is 2. The Kier molecular flexibility index (Phi) is 5.12. The first-order chi connectivity index (χ1) is 10.1. The molecule has 3 nitrogen and oxygen atoms in total. The third-order valence-electron chi connectivity index (χ3n) is 3.23. The average Bonchev–Trinajstić information content (AvgIpc) is 2.49. The lowest BCUT2D eigenvalue weighted by Gasteiger charge is -2.18. The molecule has 2 aromatic carbocycles. The van der Waals surface area contributed by atoms with Crippen molar-refractivity contribution in [3.05, 3.63) is 64.2 Å². The van der Waals surface area contributed by atoms with Crippen molar-refractivity contribution in [3.63, 3.8) is 0 Å². The maximum atomic E-state index is 13.9. The Balaban J connectivity index is 2.30. The Hall–Kier alpha value is -1.69. The quantitative estimate of drug-likeness (QED) is 0.657.